The lowest BCUT2D eigenvalue weighted by atomic mass is 9.91. The predicted octanol–water partition coefficient (Wildman–Crippen LogP) is 0.516. The number of hydrogen-bond donors (Lipinski definition) is 4. The van der Waals surface area contributed by atoms with Crippen molar-refractivity contribution in [2.24, 2.45) is 44.9 Å². The minimum Gasteiger partial charge on any atom is -0.369 e. The van der Waals surface area contributed by atoms with E-state index in [0.717, 1.165) is 12.8 Å². The van der Waals surface area contributed by atoms with E-state index in [4.69, 9.17) is 22.6 Å². The molecule has 0 saturated heterocycles. The summed E-state index contributed by atoms with van der Waals surface area (Å²) in [6, 6.07) is -0.616. The molecule has 7 N–H and O–H groups in total. The van der Waals surface area contributed by atoms with Gasteiger partial charge < -0.3 is 22.1 Å². The number of nitrogens with zero attached hydrogens (tertiary/aromatic N) is 3. The van der Waals surface area contributed by atoms with Crippen LogP contribution in [-0.4, -0.2) is 47.3 Å². The van der Waals surface area contributed by atoms with E-state index in [9.17, 15) is 9.59 Å². The Labute approximate surface area is 164 Å². The third-order valence-corrected chi connectivity index (χ3v) is 5.17. The normalized spacial score (nSPS) is 23.8. The molecule has 1 fully saturated rings. The Bertz CT molecular complexity index is 777. The number of rotatable bonds is 7. The maximum atomic E-state index is 11.8. The number of amidine groups is 1. The second-order valence-electron chi connectivity index (χ2n) is 7.52. The molecule has 0 radical (unpaired) electrons. The highest BCUT2D eigenvalue weighted by atomic mass is 16.1. The summed E-state index contributed by atoms with van der Waals surface area (Å²) in [5.41, 5.74) is 16.8. The molecule has 28 heavy (non-hydrogen) atoms. The molecular weight excluding hydrogens is 358 g/mol. The molecule has 2 rings (SSSR count). The lowest BCUT2D eigenvalue weighted by Gasteiger charge is -2.26. The van der Waals surface area contributed by atoms with Crippen LogP contribution in [0.2, 0.25) is 0 Å². The average molecular weight is 387 g/mol. The van der Waals surface area contributed by atoms with Crippen molar-refractivity contribution in [2.45, 2.75) is 39.2 Å². The lowest BCUT2D eigenvalue weighted by molar-refractivity contribution is -0.122. The van der Waals surface area contributed by atoms with Crippen LogP contribution in [0.4, 0.5) is 0 Å². The molecule has 0 aromatic rings. The number of allylic oxidation sites excluding steroid dienone is 3. The quantitative estimate of drug-likeness (QED) is 0.370. The topological polar surface area (TPSA) is 164 Å². The zero-order valence-corrected chi connectivity index (χ0v) is 16.6. The van der Waals surface area contributed by atoms with Crippen molar-refractivity contribution < 1.29 is 9.59 Å². The second-order valence-corrected chi connectivity index (χ2v) is 7.52. The van der Waals surface area contributed by atoms with Gasteiger partial charge in [-0.05, 0) is 30.3 Å². The van der Waals surface area contributed by atoms with Crippen LogP contribution in [0.15, 0.2) is 33.9 Å². The first kappa shape index (κ1) is 21.3. The van der Waals surface area contributed by atoms with Gasteiger partial charge in [0.15, 0.2) is 17.5 Å². The van der Waals surface area contributed by atoms with Crippen molar-refractivity contribution >= 4 is 29.3 Å². The fourth-order valence-electron chi connectivity index (χ4n) is 2.83. The molecule has 1 saturated carbocycles. The van der Waals surface area contributed by atoms with Gasteiger partial charge in [-0.3, -0.25) is 15.0 Å². The van der Waals surface area contributed by atoms with Crippen molar-refractivity contribution in [3.63, 3.8) is 0 Å². The Morgan fingerprint density at radius 1 is 1.25 bits per heavy atom. The zero-order chi connectivity index (χ0) is 21.0. The molecule has 9 nitrogen and oxygen atoms in total. The fourth-order valence-corrected chi connectivity index (χ4v) is 2.83. The largest absolute Gasteiger partial charge is 0.369 e. The van der Waals surface area contributed by atoms with E-state index in [1.165, 1.54) is 4.90 Å². The molecule has 3 atom stereocenters. The minimum atomic E-state index is -0.968. The molecule has 0 heterocycles. The average Bonchev–Trinajstić information content (AvgIpc) is 3.44. The standard InChI is InChI=1S/C19H29N7O2/c1-10-4-7-13(8-11(10)2)24-18(15(20)17(22)28)25-19(23)26(3)14(16(21)27)9-12-5-6-12/h4,7-8,10-12,14,20H,5-6,9H2,1-3H3,(H2,21,27)(H2,22,28)(H2,23,24,25)/t10?,11?,14-/m1/s1. The number of nitrogens with two attached hydrogens (primary N) is 3. The number of amides is 2. The highest BCUT2D eigenvalue weighted by Gasteiger charge is 2.31. The molecule has 0 spiro atoms. The van der Waals surface area contributed by atoms with Gasteiger partial charge in [0.1, 0.15) is 6.04 Å². The molecule has 9 heteroatoms. The molecule has 2 aliphatic rings. The maximum absolute atomic E-state index is 11.8. The van der Waals surface area contributed by atoms with Crippen molar-refractivity contribution in [2.75, 3.05) is 7.05 Å². The van der Waals surface area contributed by atoms with Crippen LogP contribution in [0.3, 0.4) is 0 Å². The van der Waals surface area contributed by atoms with E-state index in [1.807, 2.05) is 19.1 Å². The lowest BCUT2D eigenvalue weighted by Crippen LogP contribution is -2.49. The monoisotopic (exact) mass is 387 g/mol. The van der Waals surface area contributed by atoms with Gasteiger partial charge >= 0.3 is 0 Å². The van der Waals surface area contributed by atoms with Crippen molar-refractivity contribution in [3.05, 3.63) is 23.9 Å². The van der Waals surface area contributed by atoms with Gasteiger partial charge in [-0.2, -0.15) is 4.99 Å². The van der Waals surface area contributed by atoms with E-state index in [1.54, 1.807) is 13.1 Å². The fraction of sp³-hybridized carbons (Fsp3) is 0.526. The molecule has 0 aliphatic heterocycles. The third kappa shape index (κ3) is 5.51. The summed E-state index contributed by atoms with van der Waals surface area (Å²) in [6.45, 7) is 4.13. The summed E-state index contributed by atoms with van der Waals surface area (Å²) in [5.74, 6) is -0.683. The molecule has 0 aromatic carbocycles. The Morgan fingerprint density at radius 2 is 1.89 bits per heavy atom. The SMILES string of the molecule is CC1C=CC(N=C(N=C(N)N(C)[C@H](CC2CC2)C(N)=O)C(=N)C(N)=O)=CC1C. The van der Waals surface area contributed by atoms with Crippen LogP contribution in [0, 0.1) is 23.2 Å². The third-order valence-electron chi connectivity index (χ3n) is 5.17. The summed E-state index contributed by atoms with van der Waals surface area (Å²) >= 11 is 0. The number of likely N-dealkylation sites (N-methyl/N-ethyl adjacent to an activating group) is 1. The van der Waals surface area contributed by atoms with E-state index in [2.05, 4.69) is 16.9 Å². The number of nitrogens with one attached hydrogen (secondary N) is 1. The highest BCUT2D eigenvalue weighted by molar-refractivity contribution is 6.66. The van der Waals surface area contributed by atoms with Gasteiger partial charge in [0.05, 0.1) is 5.70 Å². The van der Waals surface area contributed by atoms with Gasteiger partial charge in [0.25, 0.3) is 5.91 Å². The second kappa shape index (κ2) is 8.81. The summed E-state index contributed by atoms with van der Waals surface area (Å²) in [6.07, 6.45) is 8.43. The first-order chi connectivity index (χ1) is 13.1. The van der Waals surface area contributed by atoms with Crippen LogP contribution >= 0.6 is 0 Å². The van der Waals surface area contributed by atoms with Crippen LogP contribution < -0.4 is 17.2 Å². The van der Waals surface area contributed by atoms with Crippen LogP contribution in [0.5, 0.6) is 0 Å². The zero-order valence-electron chi connectivity index (χ0n) is 16.6. The predicted molar refractivity (Wildman–Crippen MR) is 110 cm³/mol. The van der Waals surface area contributed by atoms with Gasteiger partial charge in [0.2, 0.25) is 5.91 Å². The summed E-state index contributed by atoms with van der Waals surface area (Å²) in [4.78, 5) is 33.2. The summed E-state index contributed by atoms with van der Waals surface area (Å²) < 4.78 is 0. The summed E-state index contributed by atoms with van der Waals surface area (Å²) in [7, 11) is 1.60. The number of hydrogen-bond acceptors (Lipinski definition) is 4. The van der Waals surface area contributed by atoms with E-state index in [-0.39, 0.29) is 17.7 Å². The first-order valence-corrected chi connectivity index (χ1v) is 9.33. The Kier molecular flexibility index (Phi) is 6.71. The Morgan fingerprint density at radius 3 is 2.39 bits per heavy atom. The van der Waals surface area contributed by atoms with E-state index >= 15 is 0 Å². The Hall–Kier alpha value is -2.97. The molecule has 2 aliphatic carbocycles. The molecule has 0 aromatic heterocycles. The number of guanidine groups is 1. The van der Waals surface area contributed by atoms with Crippen LogP contribution in [-0.2, 0) is 9.59 Å². The molecular formula is C19H29N7O2. The van der Waals surface area contributed by atoms with E-state index in [0.29, 0.717) is 24.0 Å². The van der Waals surface area contributed by atoms with Crippen molar-refractivity contribution in [1.82, 2.24) is 4.90 Å². The van der Waals surface area contributed by atoms with Crippen LogP contribution in [0.25, 0.3) is 0 Å². The van der Waals surface area contributed by atoms with E-state index < -0.39 is 23.6 Å². The molecule has 2 amide bonds. The highest BCUT2D eigenvalue weighted by Crippen LogP contribution is 2.34. The van der Waals surface area contributed by atoms with Gasteiger partial charge in [-0.15, -0.1) is 0 Å². The molecule has 0 bridgehead atoms. The number of primary amides is 2. The molecule has 152 valence electrons. The maximum Gasteiger partial charge on any atom is 0.270 e. The van der Waals surface area contributed by atoms with Crippen molar-refractivity contribution in [1.29, 1.82) is 5.41 Å². The van der Waals surface area contributed by atoms with Crippen molar-refractivity contribution in [3.8, 4) is 0 Å². The van der Waals surface area contributed by atoms with Gasteiger partial charge in [-0.1, -0.05) is 38.8 Å². The first-order valence-electron chi connectivity index (χ1n) is 9.33. The Balaban J connectivity index is 2.32. The van der Waals surface area contributed by atoms with Gasteiger partial charge in [0, 0.05) is 7.05 Å². The smallest absolute Gasteiger partial charge is 0.270 e. The minimum absolute atomic E-state index is 0.0593. The van der Waals surface area contributed by atoms with Crippen LogP contribution in [0.1, 0.15) is 33.1 Å². The van der Waals surface area contributed by atoms with Gasteiger partial charge in [-0.25, -0.2) is 4.99 Å². The number of aliphatic imine (C=N–C) groups is 2. The molecule has 2 unspecified atom stereocenters. The number of carbonyl (C=O) groups excluding carboxylic acids is 2. The number of carbonyl (C=O) groups is 2. The summed E-state index contributed by atoms with van der Waals surface area (Å²) in [5, 5.41) is 7.93.